The van der Waals surface area contributed by atoms with E-state index in [9.17, 15) is 0 Å². The Hall–Kier alpha value is -0.730. The molecule has 1 fully saturated rings. The smallest absolute Gasteiger partial charge is 0.123 e. The summed E-state index contributed by atoms with van der Waals surface area (Å²) >= 11 is 6.43. The molecule has 3 heteroatoms. The van der Waals surface area contributed by atoms with E-state index in [0.29, 0.717) is 6.04 Å². The summed E-state index contributed by atoms with van der Waals surface area (Å²) in [7, 11) is 1.72. The van der Waals surface area contributed by atoms with Gasteiger partial charge in [0.05, 0.1) is 7.11 Å². The number of methoxy groups -OCH3 is 1. The van der Waals surface area contributed by atoms with Gasteiger partial charge >= 0.3 is 0 Å². The van der Waals surface area contributed by atoms with Crippen LogP contribution in [0.15, 0.2) is 24.3 Å². The maximum absolute atomic E-state index is 6.43. The van der Waals surface area contributed by atoms with E-state index in [4.69, 9.17) is 16.3 Å². The number of nitrogens with one attached hydrogen (secondary N) is 1. The van der Waals surface area contributed by atoms with Crippen LogP contribution in [-0.4, -0.2) is 18.5 Å². The number of hydrogen-bond acceptors (Lipinski definition) is 2. The van der Waals surface area contributed by atoms with Crippen LogP contribution in [0.3, 0.4) is 0 Å². The number of benzene rings is 1. The SMILES string of the molecule is COc1ccccc1CNC1CCCCCC1Cl. The second kappa shape index (κ2) is 7.01. The van der Waals surface area contributed by atoms with Gasteiger partial charge in [0, 0.05) is 23.5 Å². The quantitative estimate of drug-likeness (QED) is 0.663. The van der Waals surface area contributed by atoms with Crippen molar-refractivity contribution in [2.24, 2.45) is 0 Å². The molecule has 2 unspecified atom stereocenters. The van der Waals surface area contributed by atoms with Gasteiger partial charge in [-0.15, -0.1) is 11.6 Å². The second-order valence-electron chi connectivity index (χ2n) is 4.95. The summed E-state index contributed by atoms with van der Waals surface area (Å²) in [5, 5.41) is 3.86. The van der Waals surface area contributed by atoms with Gasteiger partial charge in [-0.2, -0.15) is 0 Å². The number of alkyl halides is 1. The minimum Gasteiger partial charge on any atom is -0.496 e. The van der Waals surface area contributed by atoms with E-state index in [2.05, 4.69) is 11.4 Å². The lowest BCUT2D eigenvalue weighted by Gasteiger charge is -2.21. The van der Waals surface area contributed by atoms with Crippen LogP contribution in [0.2, 0.25) is 0 Å². The largest absolute Gasteiger partial charge is 0.496 e. The highest BCUT2D eigenvalue weighted by molar-refractivity contribution is 6.21. The van der Waals surface area contributed by atoms with Gasteiger partial charge < -0.3 is 10.1 Å². The molecular weight excluding hydrogens is 246 g/mol. The predicted molar refractivity (Wildman–Crippen MR) is 76.3 cm³/mol. The van der Waals surface area contributed by atoms with E-state index in [1.54, 1.807) is 7.11 Å². The fourth-order valence-electron chi connectivity index (χ4n) is 2.58. The van der Waals surface area contributed by atoms with Crippen LogP contribution in [0.5, 0.6) is 5.75 Å². The third kappa shape index (κ3) is 3.63. The van der Waals surface area contributed by atoms with E-state index in [0.717, 1.165) is 18.7 Å². The first-order chi connectivity index (χ1) is 8.81. The minimum absolute atomic E-state index is 0.266. The Morgan fingerprint density at radius 2 is 2.00 bits per heavy atom. The number of rotatable bonds is 4. The maximum atomic E-state index is 6.43. The zero-order valence-electron chi connectivity index (χ0n) is 11.0. The number of halogens is 1. The van der Waals surface area contributed by atoms with Gasteiger partial charge in [-0.1, -0.05) is 37.5 Å². The number of hydrogen-bond donors (Lipinski definition) is 1. The second-order valence-corrected chi connectivity index (χ2v) is 5.51. The summed E-state index contributed by atoms with van der Waals surface area (Å²) < 4.78 is 5.36. The van der Waals surface area contributed by atoms with Crippen molar-refractivity contribution in [3.05, 3.63) is 29.8 Å². The van der Waals surface area contributed by atoms with Crippen molar-refractivity contribution >= 4 is 11.6 Å². The first-order valence-electron chi connectivity index (χ1n) is 6.80. The Morgan fingerprint density at radius 1 is 1.22 bits per heavy atom. The Kier molecular flexibility index (Phi) is 5.33. The van der Waals surface area contributed by atoms with Crippen molar-refractivity contribution < 1.29 is 4.74 Å². The van der Waals surface area contributed by atoms with Gasteiger partial charge in [-0.25, -0.2) is 0 Å². The summed E-state index contributed by atoms with van der Waals surface area (Å²) in [5.74, 6) is 0.949. The van der Waals surface area contributed by atoms with E-state index in [1.807, 2.05) is 18.2 Å². The van der Waals surface area contributed by atoms with Crippen molar-refractivity contribution in [1.82, 2.24) is 5.32 Å². The van der Waals surface area contributed by atoms with Crippen LogP contribution in [0.25, 0.3) is 0 Å². The average molecular weight is 268 g/mol. The van der Waals surface area contributed by atoms with Crippen molar-refractivity contribution in [2.75, 3.05) is 7.11 Å². The van der Waals surface area contributed by atoms with E-state index < -0.39 is 0 Å². The lowest BCUT2D eigenvalue weighted by molar-refractivity contribution is 0.401. The molecule has 1 saturated carbocycles. The molecule has 0 radical (unpaired) electrons. The van der Waals surface area contributed by atoms with Gasteiger partial charge in [-0.3, -0.25) is 0 Å². The van der Waals surface area contributed by atoms with Crippen LogP contribution < -0.4 is 10.1 Å². The van der Waals surface area contributed by atoms with Gasteiger partial charge in [0.1, 0.15) is 5.75 Å². The standard InChI is InChI=1S/C15H22ClNO/c1-18-15-10-6-5-7-12(15)11-17-14-9-4-2-3-8-13(14)16/h5-7,10,13-14,17H,2-4,8-9,11H2,1H3. The van der Waals surface area contributed by atoms with Crippen LogP contribution in [-0.2, 0) is 6.54 Å². The first-order valence-corrected chi connectivity index (χ1v) is 7.24. The molecule has 0 bridgehead atoms. The molecule has 0 saturated heterocycles. The van der Waals surface area contributed by atoms with E-state index >= 15 is 0 Å². The van der Waals surface area contributed by atoms with Crippen molar-refractivity contribution in [3.8, 4) is 5.75 Å². The normalized spacial score (nSPS) is 24.6. The molecule has 0 aromatic heterocycles. The number of para-hydroxylation sites is 1. The summed E-state index contributed by atoms with van der Waals surface area (Å²) in [6.45, 7) is 0.831. The highest BCUT2D eigenvalue weighted by atomic mass is 35.5. The van der Waals surface area contributed by atoms with Gasteiger partial charge in [-0.05, 0) is 18.9 Å². The molecule has 1 aromatic carbocycles. The number of ether oxygens (including phenoxy) is 1. The van der Waals surface area contributed by atoms with Gasteiger partial charge in [0.2, 0.25) is 0 Å². The molecule has 0 amide bonds. The Morgan fingerprint density at radius 3 is 2.83 bits per heavy atom. The summed E-state index contributed by atoms with van der Waals surface area (Å²) in [4.78, 5) is 0. The monoisotopic (exact) mass is 267 g/mol. The molecule has 0 aliphatic heterocycles. The summed E-state index contributed by atoms with van der Waals surface area (Å²) in [6.07, 6.45) is 6.18. The van der Waals surface area contributed by atoms with Crippen LogP contribution in [0.1, 0.15) is 37.7 Å². The van der Waals surface area contributed by atoms with Crippen LogP contribution in [0.4, 0.5) is 0 Å². The highest BCUT2D eigenvalue weighted by Gasteiger charge is 2.21. The Balaban J connectivity index is 1.93. The van der Waals surface area contributed by atoms with Crippen LogP contribution >= 0.6 is 11.6 Å². The van der Waals surface area contributed by atoms with Crippen molar-refractivity contribution in [3.63, 3.8) is 0 Å². The fraction of sp³-hybridized carbons (Fsp3) is 0.600. The molecule has 1 aliphatic carbocycles. The van der Waals surface area contributed by atoms with E-state index in [1.165, 1.54) is 31.2 Å². The highest BCUT2D eigenvalue weighted by Crippen LogP contribution is 2.23. The lowest BCUT2D eigenvalue weighted by Crippen LogP contribution is -2.35. The molecule has 2 nitrogen and oxygen atoms in total. The zero-order valence-corrected chi connectivity index (χ0v) is 11.7. The molecule has 1 aromatic rings. The Labute approximate surface area is 115 Å². The van der Waals surface area contributed by atoms with Gasteiger partial charge in [0.25, 0.3) is 0 Å². The lowest BCUT2D eigenvalue weighted by atomic mass is 10.1. The summed E-state index contributed by atoms with van der Waals surface area (Å²) in [6, 6.07) is 8.58. The average Bonchev–Trinajstić information content (AvgIpc) is 2.61. The molecule has 0 spiro atoms. The van der Waals surface area contributed by atoms with Crippen LogP contribution in [0, 0.1) is 0 Å². The molecular formula is C15H22ClNO. The molecule has 1 N–H and O–H groups in total. The third-order valence-corrected chi connectivity index (χ3v) is 4.20. The fourth-order valence-corrected chi connectivity index (χ4v) is 2.95. The topological polar surface area (TPSA) is 21.3 Å². The van der Waals surface area contributed by atoms with Crippen molar-refractivity contribution in [1.29, 1.82) is 0 Å². The zero-order chi connectivity index (χ0) is 12.8. The van der Waals surface area contributed by atoms with Gasteiger partial charge in [0.15, 0.2) is 0 Å². The minimum atomic E-state index is 0.266. The molecule has 2 rings (SSSR count). The first kappa shape index (κ1) is 13.7. The molecule has 18 heavy (non-hydrogen) atoms. The molecule has 0 heterocycles. The Bertz CT molecular complexity index is 369. The third-order valence-electron chi connectivity index (χ3n) is 3.68. The molecule has 100 valence electrons. The predicted octanol–water partition coefficient (Wildman–Crippen LogP) is 3.72. The van der Waals surface area contributed by atoms with Crippen molar-refractivity contribution in [2.45, 2.75) is 50.1 Å². The molecule has 2 atom stereocenters. The van der Waals surface area contributed by atoms with E-state index in [-0.39, 0.29) is 5.38 Å². The summed E-state index contributed by atoms with van der Waals surface area (Å²) in [5.41, 5.74) is 1.20. The maximum Gasteiger partial charge on any atom is 0.123 e. The molecule has 1 aliphatic rings.